The molecule has 7 rings (SSSR count). The van der Waals surface area contributed by atoms with Gasteiger partial charge in [-0.3, -0.25) is 0 Å². The van der Waals surface area contributed by atoms with Gasteiger partial charge in [0.1, 0.15) is 5.69 Å². The van der Waals surface area contributed by atoms with Crippen molar-refractivity contribution in [3.63, 3.8) is 0 Å². The number of nitrogens with zero attached hydrogens (tertiary/aromatic N) is 4. The first-order valence-electron chi connectivity index (χ1n) is 13.5. The Morgan fingerprint density at radius 1 is 0.854 bits per heavy atom. The van der Waals surface area contributed by atoms with E-state index in [0.29, 0.717) is 17.3 Å². The number of fused-ring (bicyclic) bond motifs is 4. The minimum absolute atomic E-state index is 0. The molecule has 3 aromatic heterocycles. The van der Waals surface area contributed by atoms with Crippen molar-refractivity contribution in [2.45, 2.75) is 40.7 Å². The molecule has 4 heterocycles. The summed E-state index contributed by atoms with van der Waals surface area (Å²) in [5, 5.41) is 2.04. The Kier molecular flexibility index (Phi) is 8.10. The van der Waals surface area contributed by atoms with Crippen LogP contribution < -0.4 is 4.58 Å². The molecule has 0 saturated heterocycles. The maximum absolute atomic E-state index is 5.88. The zero-order valence-corrected chi connectivity index (χ0v) is 26.1. The van der Waals surface area contributed by atoms with Crippen molar-refractivity contribution in [1.82, 2.24) is 14.5 Å². The first kappa shape index (κ1) is 28.3. The van der Waals surface area contributed by atoms with E-state index in [4.69, 9.17) is 4.42 Å². The van der Waals surface area contributed by atoms with Gasteiger partial charge in [0.2, 0.25) is 5.71 Å². The van der Waals surface area contributed by atoms with E-state index < -0.39 is 0 Å². The number of hydrogen-bond acceptors (Lipinski definition) is 3. The van der Waals surface area contributed by atoms with Crippen molar-refractivity contribution >= 4 is 45.1 Å². The van der Waals surface area contributed by atoms with E-state index in [2.05, 4.69) is 116 Å². The second kappa shape index (κ2) is 11.7. The third-order valence-corrected chi connectivity index (χ3v) is 7.12. The van der Waals surface area contributed by atoms with Gasteiger partial charge in [0.05, 0.1) is 0 Å². The average molecular weight is 715 g/mol. The number of aromatic nitrogens is 2. The van der Waals surface area contributed by atoms with Gasteiger partial charge in [0.25, 0.3) is 11.4 Å². The van der Waals surface area contributed by atoms with Crippen LogP contribution >= 0.6 is 0 Å². The summed E-state index contributed by atoms with van der Waals surface area (Å²) in [4.78, 5) is 8.70. The number of hydrogen-bond donors (Lipinski definition) is 0. The normalized spacial score (nSPS) is 12.0. The zero-order valence-electron chi connectivity index (χ0n) is 23.7. The van der Waals surface area contributed by atoms with Gasteiger partial charge in [-0.25, -0.2) is 4.98 Å². The standard InChI is InChI=1S/C21H16N3O.C14H14N.Ir/c1-14(2)23-13-24(19-8-4-3-7-18(19)23)15-9-10-16-17-6-5-11-22-21(17)25-20(16)12-15;1-10-4-6-13(7-5-10)14-8-11(2)12(3)9-15-14;/h3-11,14H,1-2H3;4-6,8-9H,1-3H3;/q+1;-1;. The van der Waals surface area contributed by atoms with Gasteiger partial charge in [-0.15, -0.1) is 35.4 Å². The molecule has 0 saturated carbocycles. The quantitative estimate of drug-likeness (QED) is 0.137. The van der Waals surface area contributed by atoms with Gasteiger partial charge < -0.3 is 9.40 Å². The van der Waals surface area contributed by atoms with E-state index in [1.54, 1.807) is 6.20 Å². The number of rotatable bonds is 3. The van der Waals surface area contributed by atoms with Crippen molar-refractivity contribution < 1.29 is 29.1 Å². The Hall–Kier alpha value is -4.21. The van der Waals surface area contributed by atoms with Crippen LogP contribution in [-0.4, -0.2) is 26.6 Å². The van der Waals surface area contributed by atoms with Crippen LogP contribution in [0.5, 0.6) is 0 Å². The molecule has 0 N–H and O–H groups in total. The van der Waals surface area contributed by atoms with Gasteiger partial charge in [-0.1, -0.05) is 63.4 Å². The largest absolute Gasteiger partial charge is 0.494 e. The van der Waals surface area contributed by atoms with E-state index in [1.807, 2.05) is 35.0 Å². The second-order valence-corrected chi connectivity index (χ2v) is 10.4. The molecule has 6 aromatic rings. The number of para-hydroxylation sites is 2. The monoisotopic (exact) mass is 715 g/mol. The average Bonchev–Trinajstić information content (AvgIpc) is 3.54. The Labute approximate surface area is 253 Å². The SMILES string of the molecule is CC(C)[N+]1=C=[N+](c2[c-]c3oc4ncccc4c3cc2)c2ccccc21.Cc1c[c-]c(-c2cc(C)c(C)cn2)cc1.[Ir]. The fourth-order valence-electron chi connectivity index (χ4n) is 4.74. The molecule has 0 atom stereocenters. The van der Waals surface area contributed by atoms with E-state index in [0.717, 1.165) is 39.1 Å². The number of furan rings is 1. The Morgan fingerprint density at radius 2 is 1.66 bits per heavy atom. The molecule has 0 bridgehead atoms. The molecule has 1 aliphatic heterocycles. The number of aryl methyl sites for hydroxylation is 3. The summed E-state index contributed by atoms with van der Waals surface area (Å²) in [6.45, 7) is 10.6. The molecule has 3 aromatic carbocycles. The fraction of sp³-hybridized carbons (Fsp3) is 0.171. The Bertz CT molecular complexity index is 1950. The maximum atomic E-state index is 5.88. The molecule has 0 unspecified atom stereocenters. The van der Waals surface area contributed by atoms with Crippen molar-refractivity contribution in [2.75, 3.05) is 0 Å². The molecule has 0 fully saturated rings. The van der Waals surface area contributed by atoms with Crippen LogP contribution in [0, 0.1) is 32.9 Å². The van der Waals surface area contributed by atoms with Crippen LogP contribution in [0.15, 0.2) is 89.6 Å². The Balaban J connectivity index is 0.000000182. The summed E-state index contributed by atoms with van der Waals surface area (Å²) in [7, 11) is 0. The van der Waals surface area contributed by atoms with Crippen LogP contribution in [0.25, 0.3) is 33.3 Å². The molecular formula is C35H30IrN4O. The third kappa shape index (κ3) is 5.55. The summed E-state index contributed by atoms with van der Waals surface area (Å²) in [6, 6.07) is 35.0. The van der Waals surface area contributed by atoms with Crippen LogP contribution in [0.1, 0.15) is 30.5 Å². The fourth-order valence-corrected chi connectivity index (χ4v) is 4.74. The maximum Gasteiger partial charge on any atom is 0.494 e. The predicted octanol–water partition coefficient (Wildman–Crippen LogP) is 8.33. The number of benzene rings is 3. The molecule has 0 spiro atoms. The molecule has 1 radical (unpaired) electrons. The van der Waals surface area contributed by atoms with Gasteiger partial charge in [0.15, 0.2) is 6.04 Å². The van der Waals surface area contributed by atoms with Crippen molar-refractivity contribution in [3.05, 3.63) is 114 Å². The minimum atomic E-state index is 0. The van der Waals surface area contributed by atoms with Crippen LogP contribution in [0.2, 0.25) is 0 Å². The van der Waals surface area contributed by atoms with Gasteiger partial charge in [-0.05, 0) is 50.4 Å². The minimum Gasteiger partial charge on any atom is -0.465 e. The molecule has 6 heteroatoms. The van der Waals surface area contributed by atoms with Gasteiger partial charge >= 0.3 is 6.01 Å². The predicted molar refractivity (Wildman–Crippen MR) is 161 cm³/mol. The van der Waals surface area contributed by atoms with Crippen molar-refractivity contribution in [1.29, 1.82) is 0 Å². The van der Waals surface area contributed by atoms with Gasteiger partial charge in [0, 0.05) is 50.2 Å². The number of pyridine rings is 2. The topological polar surface area (TPSA) is 44.9 Å². The van der Waals surface area contributed by atoms with E-state index in [1.165, 1.54) is 16.7 Å². The smallest absolute Gasteiger partial charge is 0.465 e. The van der Waals surface area contributed by atoms with E-state index in [9.17, 15) is 0 Å². The first-order chi connectivity index (χ1) is 19.4. The molecule has 5 nitrogen and oxygen atoms in total. The Morgan fingerprint density at radius 3 is 2.39 bits per heavy atom. The third-order valence-electron chi connectivity index (χ3n) is 7.12. The summed E-state index contributed by atoms with van der Waals surface area (Å²) in [6.07, 6.45) is 3.66. The molecule has 1 aliphatic rings. The van der Waals surface area contributed by atoms with E-state index in [-0.39, 0.29) is 20.1 Å². The molecule has 0 aliphatic carbocycles. The zero-order chi connectivity index (χ0) is 27.8. The van der Waals surface area contributed by atoms with Crippen molar-refractivity contribution in [2.24, 2.45) is 0 Å². The van der Waals surface area contributed by atoms with Crippen LogP contribution in [0.4, 0.5) is 17.1 Å². The molecule has 0 amide bonds. The summed E-state index contributed by atoms with van der Waals surface area (Å²) in [5.74, 6) is 0. The van der Waals surface area contributed by atoms with Gasteiger partial charge in [-0.2, -0.15) is 6.07 Å². The van der Waals surface area contributed by atoms with Crippen LogP contribution in [-0.2, 0) is 20.1 Å². The molecule has 205 valence electrons. The molecular weight excluding hydrogens is 685 g/mol. The first-order valence-corrected chi connectivity index (χ1v) is 13.5. The molecule has 41 heavy (non-hydrogen) atoms. The van der Waals surface area contributed by atoms with Crippen molar-refractivity contribution in [3.8, 4) is 11.3 Å². The summed E-state index contributed by atoms with van der Waals surface area (Å²) < 4.78 is 10.1. The summed E-state index contributed by atoms with van der Waals surface area (Å²) in [5.41, 5.74) is 10.3. The van der Waals surface area contributed by atoms with Crippen LogP contribution in [0.3, 0.4) is 0 Å². The summed E-state index contributed by atoms with van der Waals surface area (Å²) >= 11 is 0. The van der Waals surface area contributed by atoms with E-state index >= 15 is 0 Å². The second-order valence-electron chi connectivity index (χ2n) is 10.4.